The number of benzene rings is 1. The first-order chi connectivity index (χ1) is 6.81. The topological polar surface area (TPSA) is 0 Å². The molecular formula is C9H8F6. The number of halogens is 6. The van der Waals surface area contributed by atoms with Gasteiger partial charge in [0.1, 0.15) is 0 Å². The highest BCUT2D eigenvalue weighted by Crippen LogP contribution is 2.35. The van der Waals surface area contributed by atoms with Crippen LogP contribution < -0.4 is 0 Å². The molecule has 0 aliphatic carbocycles. The Morgan fingerprint density at radius 1 is 0.667 bits per heavy atom. The highest BCUT2D eigenvalue weighted by molar-refractivity contribution is 4.99. The van der Waals surface area contributed by atoms with Crippen LogP contribution >= 0.6 is 0 Å². The third-order valence-electron chi connectivity index (χ3n) is 1.25. The summed E-state index contributed by atoms with van der Waals surface area (Å²) >= 11 is 0. The lowest BCUT2D eigenvalue weighted by Gasteiger charge is -2.14. The van der Waals surface area contributed by atoms with Crippen LogP contribution in [0.1, 0.15) is 0 Å². The first-order valence-electron chi connectivity index (χ1n) is 3.82. The Labute approximate surface area is 82.5 Å². The summed E-state index contributed by atoms with van der Waals surface area (Å²) in [4.78, 5) is 0. The van der Waals surface area contributed by atoms with Crippen LogP contribution in [0.3, 0.4) is 0 Å². The molecule has 15 heavy (non-hydrogen) atoms. The van der Waals surface area contributed by atoms with Gasteiger partial charge in [0.15, 0.2) is 6.67 Å². The molecule has 0 atom stereocenters. The summed E-state index contributed by atoms with van der Waals surface area (Å²) in [5, 5.41) is 0. The molecule has 0 nitrogen and oxygen atoms in total. The van der Waals surface area contributed by atoms with E-state index in [0.29, 0.717) is 0 Å². The summed E-state index contributed by atoms with van der Waals surface area (Å²) in [6.45, 7) is -2.70. The van der Waals surface area contributed by atoms with Gasteiger partial charge in [-0.1, -0.05) is 36.4 Å². The van der Waals surface area contributed by atoms with Gasteiger partial charge in [-0.05, 0) is 0 Å². The molecular weight excluding hydrogens is 222 g/mol. The zero-order chi connectivity index (χ0) is 11.9. The molecule has 86 valence electrons. The van der Waals surface area contributed by atoms with Crippen molar-refractivity contribution in [1.29, 1.82) is 0 Å². The van der Waals surface area contributed by atoms with Crippen molar-refractivity contribution in [2.24, 2.45) is 0 Å². The summed E-state index contributed by atoms with van der Waals surface area (Å²) in [6.07, 6.45) is -5.76. The van der Waals surface area contributed by atoms with Crippen LogP contribution in [0.15, 0.2) is 36.4 Å². The van der Waals surface area contributed by atoms with E-state index in [9.17, 15) is 26.3 Å². The minimum absolute atomic E-state index is 2.00. The van der Waals surface area contributed by atoms with Gasteiger partial charge >= 0.3 is 12.1 Å². The van der Waals surface area contributed by atoms with Crippen molar-refractivity contribution in [3.05, 3.63) is 36.4 Å². The fourth-order valence-electron chi connectivity index (χ4n) is 0.461. The van der Waals surface area contributed by atoms with E-state index in [4.69, 9.17) is 0 Å². The molecule has 0 radical (unpaired) electrons. The van der Waals surface area contributed by atoms with Crippen molar-refractivity contribution in [2.75, 3.05) is 6.67 Å². The Kier molecular flexibility index (Phi) is 5.18. The molecule has 0 heterocycles. The zero-order valence-electron chi connectivity index (χ0n) is 7.44. The molecule has 0 aliphatic heterocycles. The Morgan fingerprint density at radius 3 is 1.00 bits per heavy atom. The molecule has 1 rings (SSSR count). The summed E-state index contributed by atoms with van der Waals surface area (Å²) in [5.41, 5.74) is 0. The highest BCUT2D eigenvalue weighted by atomic mass is 19.4. The lowest BCUT2D eigenvalue weighted by atomic mass is 10.4. The molecule has 0 fully saturated rings. The Balaban J connectivity index is 0.000000280. The van der Waals surface area contributed by atoms with Crippen LogP contribution in [0.25, 0.3) is 0 Å². The van der Waals surface area contributed by atoms with Gasteiger partial charge in [-0.2, -0.15) is 22.0 Å². The minimum atomic E-state index is -5.76. The largest absolute Gasteiger partial charge is 0.456 e. The third-order valence-corrected chi connectivity index (χ3v) is 1.25. The molecule has 1 aromatic rings. The van der Waals surface area contributed by atoms with Gasteiger partial charge in [-0.15, -0.1) is 0 Å². The molecule has 0 spiro atoms. The van der Waals surface area contributed by atoms with Gasteiger partial charge in [0.05, 0.1) is 0 Å². The van der Waals surface area contributed by atoms with Crippen LogP contribution in [0, 0.1) is 0 Å². The zero-order valence-corrected chi connectivity index (χ0v) is 7.44. The van der Waals surface area contributed by atoms with Gasteiger partial charge in [0.2, 0.25) is 0 Å². The second-order valence-electron chi connectivity index (χ2n) is 2.49. The lowest BCUT2D eigenvalue weighted by Crippen LogP contribution is -2.38. The molecule has 0 aromatic heterocycles. The van der Waals surface area contributed by atoms with E-state index in [-0.39, 0.29) is 0 Å². The average molecular weight is 230 g/mol. The Morgan fingerprint density at radius 2 is 0.933 bits per heavy atom. The minimum Gasteiger partial charge on any atom is -0.244 e. The third kappa shape index (κ3) is 5.29. The predicted octanol–water partition coefficient (Wildman–Crippen LogP) is 3.84. The van der Waals surface area contributed by atoms with Gasteiger partial charge in [-0.25, -0.2) is 4.39 Å². The smallest absolute Gasteiger partial charge is 0.244 e. The van der Waals surface area contributed by atoms with Crippen LogP contribution in [-0.2, 0) is 0 Å². The average Bonchev–Trinajstić information content (AvgIpc) is 2.20. The van der Waals surface area contributed by atoms with Crippen molar-refractivity contribution in [3.63, 3.8) is 0 Å². The maximum atomic E-state index is 11.2. The van der Waals surface area contributed by atoms with Crippen LogP contribution in [-0.4, -0.2) is 18.8 Å². The van der Waals surface area contributed by atoms with E-state index in [1.165, 1.54) is 0 Å². The molecule has 0 N–H and O–H groups in total. The van der Waals surface area contributed by atoms with E-state index in [1.807, 2.05) is 36.4 Å². The summed E-state index contributed by atoms with van der Waals surface area (Å²) in [5.74, 6) is -5.19. The maximum Gasteiger partial charge on any atom is 0.456 e. The standard InChI is InChI=1S/C6H6.C3H2F6/c1-2-4-6-5-3-1;4-1-2(5,6)3(7,8)9/h1-6H;1H2. The van der Waals surface area contributed by atoms with E-state index in [2.05, 4.69) is 0 Å². The normalized spacial score (nSPS) is 11.6. The van der Waals surface area contributed by atoms with Crippen LogP contribution in [0.4, 0.5) is 26.3 Å². The highest BCUT2D eigenvalue weighted by Gasteiger charge is 2.57. The van der Waals surface area contributed by atoms with E-state index in [0.717, 1.165) is 0 Å². The van der Waals surface area contributed by atoms with Gasteiger partial charge in [-0.3, -0.25) is 0 Å². The maximum absolute atomic E-state index is 11.2. The molecule has 0 unspecified atom stereocenters. The molecule has 0 saturated carbocycles. The fraction of sp³-hybridized carbons (Fsp3) is 0.333. The molecule has 0 saturated heterocycles. The van der Waals surface area contributed by atoms with E-state index >= 15 is 0 Å². The number of hydrogen-bond donors (Lipinski definition) is 0. The second-order valence-corrected chi connectivity index (χ2v) is 2.49. The number of rotatable bonds is 1. The van der Waals surface area contributed by atoms with Crippen molar-refractivity contribution < 1.29 is 26.3 Å². The van der Waals surface area contributed by atoms with Crippen molar-refractivity contribution in [2.45, 2.75) is 12.1 Å². The molecule has 0 amide bonds. The van der Waals surface area contributed by atoms with Crippen LogP contribution in [0.5, 0.6) is 0 Å². The quantitative estimate of drug-likeness (QED) is 0.643. The summed E-state index contributed by atoms with van der Waals surface area (Å²) in [7, 11) is 0. The Bertz CT molecular complexity index is 226. The molecule has 0 bridgehead atoms. The van der Waals surface area contributed by atoms with Crippen LogP contribution in [0.2, 0.25) is 0 Å². The fourth-order valence-corrected chi connectivity index (χ4v) is 0.461. The monoisotopic (exact) mass is 230 g/mol. The van der Waals surface area contributed by atoms with E-state index in [1.54, 1.807) is 0 Å². The van der Waals surface area contributed by atoms with Crippen molar-refractivity contribution in [3.8, 4) is 0 Å². The Hall–Kier alpha value is -1.20. The number of alkyl halides is 6. The van der Waals surface area contributed by atoms with Gasteiger partial charge in [0, 0.05) is 0 Å². The second kappa shape index (κ2) is 5.63. The first-order valence-corrected chi connectivity index (χ1v) is 3.82. The summed E-state index contributed by atoms with van der Waals surface area (Å²) in [6, 6.07) is 12.0. The van der Waals surface area contributed by atoms with Gasteiger partial charge in [0.25, 0.3) is 0 Å². The van der Waals surface area contributed by atoms with Crippen molar-refractivity contribution in [1.82, 2.24) is 0 Å². The summed E-state index contributed by atoms with van der Waals surface area (Å²) < 4.78 is 65.6. The predicted molar refractivity (Wildman–Crippen MR) is 43.4 cm³/mol. The molecule has 1 aromatic carbocycles. The molecule has 6 heteroatoms. The lowest BCUT2D eigenvalue weighted by molar-refractivity contribution is -0.286. The first kappa shape index (κ1) is 13.8. The molecule has 0 aliphatic rings. The SMILES string of the molecule is FCC(F)(F)C(F)(F)F.c1ccccc1. The van der Waals surface area contributed by atoms with Crippen molar-refractivity contribution >= 4 is 0 Å². The van der Waals surface area contributed by atoms with E-state index < -0.39 is 18.8 Å². The number of hydrogen-bond acceptors (Lipinski definition) is 0. The van der Waals surface area contributed by atoms with Gasteiger partial charge < -0.3 is 0 Å².